The van der Waals surface area contributed by atoms with E-state index in [1.807, 2.05) is 24.3 Å². The van der Waals surface area contributed by atoms with Crippen molar-refractivity contribution in [3.63, 3.8) is 0 Å². The van der Waals surface area contributed by atoms with Crippen LogP contribution in [0.15, 0.2) is 48.5 Å². The number of hydrogen-bond donors (Lipinski definition) is 2. The van der Waals surface area contributed by atoms with Crippen LogP contribution in [-0.4, -0.2) is 0 Å². The van der Waals surface area contributed by atoms with Gasteiger partial charge in [-0.25, -0.2) is 0 Å². The third-order valence-corrected chi connectivity index (χ3v) is 2.97. The molecule has 2 nitrogen and oxygen atoms in total. The molecule has 0 spiro atoms. The summed E-state index contributed by atoms with van der Waals surface area (Å²) in [5, 5.41) is 0. The molecule has 0 aliphatic heterocycles. The van der Waals surface area contributed by atoms with Gasteiger partial charge in [-0.15, -0.1) is 0 Å². The maximum atomic E-state index is 5.50. The third kappa shape index (κ3) is 3.29. The van der Waals surface area contributed by atoms with Crippen LogP contribution in [0.1, 0.15) is 11.1 Å². The fourth-order valence-corrected chi connectivity index (χ4v) is 1.86. The van der Waals surface area contributed by atoms with Crippen LogP contribution in [0.5, 0.6) is 0 Å². The highest BCUT2D eigenvalue weighted by atomic mass is 35.5. The largest absolute Gasteiger partial charge is 0.299 e. The minimum absolute atomic E-state index is 0.894. The van der Waals surface area contributed by atoms with Gasteiger partial charge in [-0.1, -0.05) is 24.3 Å². The van der Waals surface area contributed by atoms with Gasteiger partial charge in [0.2, 0.25) is 0 Å². The Balaban J connectivity index is 2.08. The van der Waals surface area contributed by atoms with Gasteiger partial charge in [0, 0.05) is 34.9 Å². The van der Waals surface area contributed by atoms with Crippen molar-refractivity contribution >= 4 is 34.9 Å². The van der Waals surface area contributed by atoms with Crippen molar-refractivity contribution in [1.82, 2.24) is 0 Å². The maximum absolute atomic E-state index is 5.50. The van der Waals surface area contributed by atoms with E-state index < -0.39 is 0 Å². The van der Waals surface area contributed by atoms with Crippen molar-refractivity contribution in [2.75, 3.05) is 9.67 Å². The van der Waals surface area contributed by atoms with Crippen molar-refractivity contribution in [2.45, 2.75) is 6.42 Å². The Labute approximate surface area is 111 Å². The molecule has 0 saturated heterocycles. The van der Waals surface area contributed by atoms with Gasteiger partial charge in [-0.3, -0.25) is 9.67 Å². The van der Waals surface area contributed by atoms with Crippen LogP contribution in [0.25, 0.3) is 0 Å². The first kappa shape index (κ1) is 12.1. The molecule has 0 bridgehead atoms. The summed E-state index contributed by atoms with van der Waals surface area (Å²) in [5.74, 6) is 0. The molecule has 0 radical (unpaired) electrons. The summed E-state index contributed by atoms with van der Waals surface area (Å²) in [6.45, 7) is 0. The number of halogens is 2. The average Bonchev–Trinajstić information content (AvgIpc) is 2.40. The molecule has 0 fully saturated rings. The van der Waals surface area contributed by atoms with E-state index in [2.05, 4.69) is 33.9 Å². The SMILES string of the molecule is ClNc1ccc(Cc2ccc(NCl)cc2)cc1. The summed E-state index contributed by atoms with van der Waals surface area (Å²) in [7, 11) is 0. The Morgan fingerprint density at radius 2 is 1.00 bits per heavy atom. The number of anilines is 2. The highest BCUT2D eigenvalue weighted by Crippen LogP contribution is 2.16. The summed E-state index contributed by atoms with van der Waals surface area (Å²) in [6, 6.07) is 16.0. The smallest absolute Gasteiger partial charge is 0.0491 e. The van der Waals surface area contributed by atoms with Crippen molar-refractivity contribution < 1.29 is 0 Å². The van der Waals surface area contributed by atoms with Gasteiger partial charge in [0.1, 0.15) is 0 Å². The topological polar surface area (TPSA) is 24.1 Å². The molecule has 17 heavy (non-hydrogen) atoms. The molecule has 0 aliphatic carbocycles. The lowest BCUT2D eigenvalue weighted by Crippen LogP contribution is -1.89. The summed E-state index contributed by atoms with van der Waals surface area (Å²) >= 11 is 11.0. The zero-order valence-electron chi connectivity index (χ0n) is 9.08. The summed E-state index contributed by atoms with van der Waals surface area (Å²) in [6.07, 6.45) is 0.894. The minimum Gasteiger partial charge on any atom is -0.299 e. The molecule has 0 aromatic heterocycles. The minimum atomic E-state index is 0.894. The van der Waals surface area contributed by atoms with Crippen LogP contribution >= 0.6 is 23.6 Å². The highest BCUT2D eigenvalue weighted by Gasteiger charge is 1.97. The highest BCUT2D eigenvalue weighted by molar-refractivity contribution is 6.24. The molecule has 0 saturated carbocycles. The summed E-state index contributed by atoms with van der Waals surface area (Å²) < 4.78 is 0. The number of benzene rings is 2. The third-order valence-electron chi connectivity index (χ3n) is 2.53. The number of rotatable bonds is 4. The molecule has 4 heteroatoms. The number of nitrogens with one attached hydrogen (secondary N) is 2. The Hall–Kier alpha value is -1.38. The van der Waals surface area contributed by atoms with Crippen LogP contribution in [-0.2, 0) is 6.42 Å². The fraction of sp³-hybridized carbons (Fsp3) is 0.0769. The van der Waals surface area contributed by atoms with Gasteiger partial charge in [0.15, 0.2) is 0 Å². The van der Waals surface area contributed by atoms with Crippen LogP contribution in [0.3, 0.4) is 0 Å². The monoisotopic (exact) mass is 266 g/mol. The summed E-state index contributed by atoms with van der Waals surface area (Å²) in [4.78, 5) is 5.16. The van der Waals surface area contributed by atoms with E-state index in [0.29, 0.717) is 0 Å². The van der Waals surface area contributed by atoms with Crippen LogP contribution in [0.2, 0.25) is 0 Å². The second-order valence-corrected chi connectivity index (χ2v) is 4.14. The van der Waals surface area contributed by atoms with Crippen molar-refractivity contribution in [3.05, 3.63) is 59.7 Å². The fourth-order valence-electron chi connectivity index (χ4n) is 1.61. The first-order valence-electron chi connectivity index (χ1n) is 5.23. The Bertz CT molecular complexity index is 420. The molecule has 0 unspecified atom stereocenters. The molecule has 2 N–H and O–H groups in total. The zero-order valence-corrected chi connectivity index (χ0v) is 10.6. The number of hydrogen-bond acceptors (Lipinski definition) is 2. The van der Waals surface area contributed by atoms with Crippen molar-refractivity contribution in [1.29, 1.82) is 0 Å². The van der Waals surface area contributed by atoms with E-state index in [1.54, 1.807) is 0 Å². The van der Waals surface area contributed by atoms with Gasteiger partial charge in [-0.05, 0) is 41.8 Å². The standard InChI is InChI=1S/C13H12Cl2N2/c14-16-12-5-1-10(2-6-12)9-11-3-7-13(17-15)8-4-11/h1-8,16-17H,9H2. The van der Waals surface area contributed by atoms with E-state index in [4.69, 9.17) is 23.6 Å². The van der Waals surface area contributed by atoms with E-state index in [-0.39, 0.29) is 0 Å². The van der Waals surface area contributed by atoms with Crippen molar-refractivity contribution in [2.24, 2.45) is 0 Å². The van der Waals surface area contributed by atoms with E-state index >= 15 is 0 Å². The first-order chi connectivity index (χ1) is 8.31. The Morgan fingerprint density at radius 1 is 0.647 bits per heavy atom. The normalized spacial score (nSPS) is 10.0. The van der Waals surface area contributed by atoms with Crippen LogP contribution in [0, 0.1) is 0 Å². The Kier molecular flexibility index (Phi) is 4.13. The van der Waals surface area contributed by atoms with Crippen LogP contribution < -0.4 is 9.67 Å². The molecular weight excluding hydrogens is 255 g/mol. The van der Waals surface area contributed by atoms with E-state index in [9.17, 15) is 0 Å². The summed E-state index contributed by atoms with van der Waals surface area (Å²) in [5.41, 5.74) is 4.29. The zero-order chi connectivity index (χ0) is 12.1. The lowest BCUT2D eigenvalue weighted by molar-refractivity contribution is 1.19. The molecule has 0 aliphatic rings. The molecule has 2 rings (SSSR count). The Morgan fingerprint density at radius 3 is 1.29 bits per heavy atom. The molecular formula is C13H12Cl2N2. The second kappa shape index (κ2) is 5.80. The van der Waals surface area contributed by atoms with Gasteiger partial charge < -0.3 is 0 Å². The second-order valence-electron chi connectivity index (χ2n) is 3.76. The molecule has 0 amide bonds. The predicted molar refractivity (Wildman–Crippen MR) is 74.6 cm³/mol. The lowest BCUT2D eigenvalue weighted by atomic mass is 10.0. The van der Waals surface area contributed by atoms with Gasteiger partial charge >= 0.3 is 0 Å². The molecule has 0 atom stereocenters. The molecule has 2 aromatic rings. The van der Waals surface area contributed by atoms with E-state index in [0.717, 1.165) is 17.8 Å². The van der Waals surface area contributed by atoms with Gasteiger partial charge in [0.25, 0.3) is 0 Å². The lowest BCUT2D eigenvalue weighted by Gasteiger charge is -2.04. The van der Waals surface area contributed by atoms with Crippen molar-refractivity contribution in [3.8, 4) is 0 Å². The maximum Gasteiger partial charge on any atom is 0.0491 e. The van der Waals surface area contributed by atoms with Gasteiger partial charge in [0.05, 0.1) is 0 Å². The van der Waals surface area contributed by atoms with Crippen LogP contribution in [0.4, 0.5) is 11.4 Å². The predicted octanol–water partition coefficient (Wildman–Crippen LogP) is 4.41. The molecule has 0 heterocycles. The van der Waals surface area contributed by atoms with Gasteiger partial charge in [-0.2, -0.15) is 0 Å². The van der Waals surface area contributed by atoms with E-state index in [1.165, 1.54) is 11.1 Å². The average molecular weight is 267 g/mol. The molecule has 88 valence electrons. The first-order valence-corrected chi connectivity index (χ1v) is 5.98. The quantitative estimate of drug-likeness (QED) is 0.802. The molecule has 2 aromatic carbocycles.